The second-order valence-corrected chi connectivity index (χ2v) is 7.40. The molecule has 1 N–H and O–H groups in total. The highest BCUT2D eigenvalue weighted by molar-refractivity contribution is 5.94. The third-order valence-electron chi connectivity index (χ3n) is 5.67. The molecule has 1 atom stereocenters. The molecule has 0 bridgehead atoms. The average molecular weight is 389 g/mol. The maximum absolute atomic E-state index is 12.7. The van der Waals surface area contributed by atoms with Crippen LogP contribution in [0.1, 0.15) is 42.5 Å². The van der Waals surface area contributed by atoms with E-state index in [2.05, 4.69) is 18.5 Å². The number of carbonyl (C=O) groups excluding carboxylic acids is 1. The Bertz CT molecular complexity index is 624. The van der Waals surface area contributed by atoms with Crippen LogP contribution < -0.4 is 4.74 Å². The van der Waals surface area contributed by atoms with Crippen LogP contribution in [0.3, 0.4) is 0 Å². The predicted molar refractivity (Wildman–Crippen MR) is 110 cm³/mol. The Hall–Kier alpha value is -2.34. The van der Waals surface area contributed by atoms with E-state index < -0.39 is 0 Å². The Morgan fingerprint density at radius 1 is 1.18 bits per heavy atom. The lowest BCUT2D eigenvalue weighted by Crippen LogP contribution is -2.47. The molecule has 28 heavy (non-hydrogen) atoms. The van der Waals surface area contributed by atoms with E-state index in [1.165, 1.54) is 25.8 Å². The summed E-state index contributed by atoms with van der Waals surface area (Å²) in [7, 11) is 2.26. The molecule has 0 spiro atoms. The second-order valence-electron chi connectivity index (χ2n) is 7.40. The second kappa shape index (κ2) is 11.5. The molecule has 154 valence electrons. The third-order valence-corrected chi connectivity index (χ3v) is 5.67. The third kappa shape index (κ3) is 6.09. The minimum Gasteiger partial charge on any atom is -0.490 e. The number of amides is 1. The number of nitrogens with zero attached hydrogens (tertiary/aromatic N) is 2. The fourth-order valence-electron chi connectivity index (χ4n) is 4.22. The maximum Gasteiger partial charge on any atom is 0.290 e. The van der Waals surface area contributed by atoms with Gasteiger partial charge >= 0.3 is 0 Å². The minimum absolute atomic E-state index is 0.144. The average Bonchev–Trinajstić information content (AvgIpc) is 2.73. The zero-order valence-corrected chi connectivity index (χ0v) is 16.8. The van der Waals surface area contributed by atoms with Gasteiger partial charge in [-0.1, -0.05) is 19.1 Å². The van der Waals surface area contributed by atoms with Gasteiger partial charge in [-0.25, -0.2) is 0 Å². The van der Waals surface area contributed by atoms with Crippen molar-refractivity contribution in [2.75, 3.05) is 33.3 Å². The van der Waals surface area contributed by atoms with Gasteiger partial charge in [-0.15, -0.1) is 0 Å². The monoisotopic (exact) mass is 388 g/mol. The van der Waals surface area contributed by atoms with Crippen LogP contribution in [-0.2, 0) is 4.79 Å². The summed E-state index contributed by atoms with van der Waals surface area (Å²) >= 11 is 0. The Balaban J connectivity index is 0.000000878. The van der Waals surface area contributed by atoms with Gasteiger partial charge in [0.15, 0.2) is 0 Å². The number of hydrogen-bond acceptors (Lipinski definition) is 4. The molecule has 1 unspecified atom stereocenters. The Kier molecular flexibility index (Phi) is 9.01. The minimum atomic E-state index is -0.250. The van der Waals surface area contributed by atoms with E-state index in [-0.39, 0.29) is 12.4 Å². The van der Waals surface area contributed by atoms with E-state index in [0.717, 1.165) is 43.2 Å². The van der Waals surface area contributed by atoms with Gasteiger partial charge in [-0.2, -0.15) is 0 Å². The molecule has 2 saturated heterocycles. The van der Waals surface area contributed by atoms with Crippen molar-refractivity contribution in [2.24, 2.45) is 5.92 Å². The fraction of sp³-hybridized carbons (Fsp3) is 0.545. The SMILES string of the molecule is C=CCOc1ccc(C(=O)N2CCC(C3CCCCN3C)CC2)cc1.O=CO. The van der Waals surface area contributed by atoms with Crippen LogP contribution in [0.25, 0.3) is 0 Å². The van der Waals surface area contributed by atoms with Crippen LogP contribution in [0.5, 0.6) is 5.75 Å². The largest absolute Gasteiger partial charge is 0.490 e. The van der Waals surface area contributed by atoms with Gasteiger partial charge in [0, 0.05) is 24.7 Å². The summed E-state index contributed by atoms with van der Waals surface area (Å²) in [5.41, 5.74) is 0.749. The highest BCUT2D eigenvalue weighted by Gasteiger charge is 2.31. The van der Waals surface area contributed by atoms with E-state index >= 15 is 0 Å². The number of rotatable bonds is 5. The summed E-state index contributed by atoms with van der Waals surface area (Å²) < 4.78 is 5.48. The van der Waals surface area contributed by atoms with E-state index in [0.29, 0.717) is 12.6 Å². The molecule has 2 fully saturated rings. The summed E-state index contributed by atoms with van der Waals surface area (Å²) in [6.07, 6.45) is 7.97. The number of hydrogen-bond donors (Lipinski definition) is 1. The molecule has 2 aliphatic rings. The molecule has 1 aromatic rings. The van der Waals surface area contributed by atoms with Crippen molar-refractivity contribution < 1.29 is 19.4 Å². The van der Waals surface area contributed by atoms with Gasteiger partial charge in [-0.3, -0.25) is 9.59 Å². The molecule has 6 heteroatoms. The molecule has 2 aliphatic heterocycles. The normalized spacial score (nSPS) is 20.6. The van der Waals surface area contributed by atoms with Crippen molar-refractivity contribution >= 4 is 12.4 Å². The van der Waals surface area contributed by atoms with Crippen molar-refractivity contribution in [3.8, 4) is 5.75 Å². The molecule has 3 rings (SSSR count). The number of likely N-dealkylation sites (tertiary alicyclic amines) is 2. The lowest BCUT2D eigenvalue weighted by Gasteiger charge is -2.42. The van der Waals surface area contributed by atoms with E-state index in [1.54, 1.807) is 6.08 Å². The molecule has 0 saturated carbocycles. The van der Waals surface area contributed by atoms with Gasteiger partial charge in [0.1, 0.15) is 12.4 Å². The highest BCUT2D eigenvalue weighted by Crippen LogP contribution is 2.30. The highest BCUT2D eigenvalue weighted by atomic mass is 16.5. The first kappa shape index (κ1) is 22.0. The van der Waals surface area contributed by atoms with E-state index in [1.807, 2.05) is 29.2 Å². The van der Waals surface area contributed by atoms with Gasteiger partial charge in [-0.05, 0) is 69.5 Å². The van der Waals surface area contributed by atoms with Crippen molar-refractivity contribution in [3.05, 3.63) is 42.5 Å². The molecule has 1 amide bonds. The van der Waals surface area contributed by atoms with Gasteiger partial charge in [0.05, 0.1) is 0 Å². The molecule has 0 aromatic heterocycles. The number of carboxylic acid groups (broad SMARTS) is 1. The zero-order chi connectivity index (χ0) is 20.4. The van der Waals surface area contributed by atoms with Gasteiger partial charge in [0.25, 0.3) is 12.4 Å². The number of benzene rings is 1. The van der Waals surface area contributed by atoms with Crippen LogP contribution in [0.15, 0.2) is 36.9 Å². The van der Waals surface area contributed by atoms with Crippen molar-refractivity contribution in [1.82, 2.24) is 9.80 Å². The van der Waals surface area contributed by atoms with Crippen LogP contribution in [0.2, 0.25) is 0 Å². The first-order valence-corrected chi connectivity index (χ1v) is 10.0. The standard InChI is InChI=1S/C21H30N2O2.CH2O2/c1-3-16-25-19-9-7-18(8-10-19)21(24)23-14-11-17(12-15-23)20-6-4-5-13-22(20)2;2-1-3/h3,7-10,17,20H,1,4-6,11-16H2,2H3;1H,(H,2,3). The Morgan fingerprint density at radius 3 is 2.39 bits per heavy atom. The molecular formula is C22H32N2O4. The first-order valence-electron chi connectivity index (χ1n) is 10.0. The quantitative estimate of drug-likeness (QED) is 0.619. The molecule has 2 heterocycles. The molecule has 0 radical (unpaired) electrons. The lowest BCUT2D eigenvalue weighted by atomic mass is 9.84. The number of ether oxygens (including phenoxy) is 1. The smallest absolute Gasteiger partial charge is 0.290 e. The molecular weight excluding hydrogens is 356 g/mol. The zero-order valence-electron chi connectivity index (χ0n) is 16.8. The van der Waals surface area contributed by atoms with Crippen LogP contribution in [0.4, 0.5) is 0 Å². The van der Waals surface area contributed by atoms with Crippen molar-refractivity contribution in [2.45, 2.75) is 38.1 Å². The van der Waals surface area contributed by atoms with E-state index in [9.17, 15) is 4.79 Å². The molecule has 0 aliphatic carbocycles. The number of piperidine rings is 2. The Morgan fingerprint density at radius 2 is 1.82 bits per heavy atom. The van der Waals surface area contributed by atoms with E-state index in [4.69, 9.17) is 14.6 Å². The summed E-state index contributed by atoms with van der Waals surface area (Å²) in [4.78, 5) is 25.6. The van der Waals surface area contributed by atoms with Crippen LogP contribution >= 0.6 is 0 Å². The van der Waals surface area contributed by atoms with Crippen LogP contribution in [-0.4, -0.2) is 66.6 Å². The summed E-state index contributed by atoms with van der Waals surface area (Å²) in [5.74, 6) is 1.66. The molecule has 1 aromatic carbocycles. The number of carbonyl (C=O) groups is 2. The predicted octanol–water partition coefficient (Wildman–Crippen LogP) is 3.29. The van der Waals surface area contributed by atoms with Gasteiger partial charge in [0.2, 0.25) is 0 Å². The summed E-state index contributed by atoms with van der Waals surface area (Å²) in [5, 5.41) is 6.89. The fourth-order valence-corrected chi connectivity index (χ4v) is 4.22. The van der Waals surface area contributed by atoms with Crippen molar-refractivity contribution in [1.29, 1.82) is 0 Å². The Labute approximate surface area is 167 Å². The van der Waals surface area contributed by atoms with Crippen LogP contribution in [0, 0.1) is 5.92 Å². The molecule has 6 nitrogen and oxygen atoms in total. The lowest BCUT2D eigenvalue weighted by molar-refractivity contribution is -0.122. The summed E-state index contributed by atoms with van der Waals surface area (Å²) in [6.45, 7) is 6.85. The van der Waals surface area contributed by atoms with Gasteiger partial charge < -0.3 is 19.6 Å². The maximum atomic E-state index is 12.7. The first-order chi connectivity index (χ1) is 13.6. The summed E-state index contributed by atoms with van der Waals surface area (Å²) in [6, 6.07) is 8.16. The topological polar surface area (TPSA) is 70.1 Å². The van der Waals surface area contributed by atoms with Crippen molar-refractivity contribution in [3.63, 3.8) is 0 Å².